The van der Waals surface area contributed by atoms with Crippen molar-refractivity contribution < 1.29 is 14.6 Å². The summed E-state index contributed by atoms with van der Waals surface area (Å²) in [5, 5.41) is 12.0. The zero-order chi connectivity index (χ0) is 11.4. The lowest BCUT2D eigenvalue weighted by atomic mass is 10.2. The van der Waals surface area contributed by atoms with E-state index in [1.807, 2.05) is 6.92 Å². The fraction of sp³-hybridized carbons (Fsp3) is 0.300. The van der Waals surface area contributed by atoms with E-state index >= 15 is 0 Å². The first-order valence-electron chi connectivity index (χ1n) is 4.47. The average molecular weight is 274 g/mol. The zero-order valence-corrected chi connectivity index (χ0v) is 10.1. The van der Waals surface area contributed by atoms with Gasteiger partial charge in [-0.05, 0) is 28.9 Å². The van der Waals surface area contributed by atoms with Gasteiger partial charge in [-0.25, -0.2) is 0 Å². The Kier molecular flexibility index (Phi) is 3.96. The maximum absolute atomic E-state index is 11.5. The standard InChI is InChI=1S/C10H12BrNO3/c1-3-15-9-5-8(13)7(11)4-6(9)10(14)12-2/h4-5,13H,3H2,1-2H3,(H,12,14). The molecule has 0 aliphatic carbocycles. The highest BCUT2D eigenvalue weighted by Crippen LogP contribution is 2.32. The van der Waals surface area contributed by atoms with Crippen LogP contribution >= 0.6 is 15.9 Å². The van der Waals surface area contributed by atoms with Crippen molar-refractivity contribution in [3.63, 3.8) is 0 Å². The van der Waals surface area contributed by atoms with E-state index in [-0.39, 0.29) is 11.7 Å². The smallest absolute Gasteiger partial charge is 0.254 e. The fourth-order valence-corrected chi connectivity index (χ4v) is 1.47. The Morgan fingerprint density at radius 2 is 2.27 bits per heavy atom. The summed E-state index contributed by atoms with van der Waals surface area (Å²) in [6, 6.07) is 2.94. The van der Waals surface area contributed by atoms with Gasteiger partial charge in [-0.1, -0.05) is 0 Å². The predicted octanol–water partition coefficient (Wildman–Crippen LogP) is 1.91. The third-order valence-corrected chi connectivity index (χ3v) is 2.46. The van der Waals surface area contributed by atoms with Gasteiger partial charge < -0.3 is 15.2 Å². The van der Waals surface area contributed by atoms with Gasteiger partial charge in [-0.2, -0.15) is 0 Å². The predicted molar refractivity (Wildman–Crippen MR) is 60.4 cm³/mol. The SMILES string of the molecule is CCOc1cc(O)c(Br)cc1C(=O)NC. The van der Waals surface area contributed by atoms with Gasteiger partial charge in [-0.3, -0.25) is 4.79 Å². The zero-order valence-electron chi connectivity index (χ0n) is 8.50. The van der Waals surface area contributed by atoms with Crippen LogP contribution in [0.5, 0.6) is 11.5 Å². The Hall–Kier alpha value is -1.23. The van der Waals surface area contributed by atoms with Crippen LogP contribution < -0.4 is 10.1 Å². The van der Waals surface area contributed by atoms with E-state index in [9.17, 15) is 9.90 Å². The number of nitrogens with one attached hydrogen (secondary N) is 1. The van der Waals surface area contributed by atoms with Crippen LogP contribution in [-0.4, -0.2) is 24.7 Å². The third kappa shape index (κ3) is 2.62. The number of aromatic hydroxyl groups is 1. The summed E-state index contributed by atoms with van der Waals surface area (Å²) < 4.78 is 5.72. The molecule has 1 aromatic carbocycles. The van der Waals surface area contributed by atoms with Crippen molar-refractivity contribution in [2.75, 3.05) is 13.7 Å². The van der Waals surface area contributed by atoms with Crippen LogP contribution in [0.4, 0.5) is 0 Å². The molecule has 1 amide bonds. The van der Waals surface area contributed by atoms with Gasteiger partial charge in [0.2, 0.25) is 0 Å². The Morgan fingerprint density at radius 1 is 1.60 bits per heavy atom. The first-order chi connectivity index (χ1) is 7.10. The number of rotatable bonds is 3. The van der Waals surface area contributed by atoms with Crippen LogP contribution in [0.3, 0.4) is 0 Å². The molecule has 15 heavy (non-hydrogen) atoms. The van der Waals surface area contributed by atoms with Gasteiger partial charge in [0.25, 0.3) is 5.91 Å². The van der Waals surface area contributed by atoms with E-state index in [2.05, 4.69) is 21.2 Å². The monoisotopic (exact) mass is 273 g/mol. The van der Waals surface area contributed by atoms with Crippen molar-refractivity contribution in [3.05, 3.63) is 22.2 Å². The Bertz CT molecular complexity index is 379. The summed E-state index contributed by atoms with van der Waals surface area (Å²) in [4.78, 5) is 11.5. The van der Waals surface area contributed by atoms with E-state index in [1.165, 1.54) is 12.1 Å². The summed E-state index contributed by atoms with van der Waals surface area (Å²) >= 11 is 3.14. The molecule has 0 spiro atoms. The van der Waals surface area contributed by atoms with Crippen LogP contribution in [-0.2, 0) is 0 Å². The van der Waals surface area contributed by atoms with Gasteiger partial charge in [0.15, 0.2) is 0 Å². The van der Waals surface area contributed by atoms with Crippen molar-refractivity contribution in [1.82, 2.24) is 5.32 Å². The molecule has 0 aliphatic rings. The largest absolute Gasteiger partial charge is 0.507 e. The van der Waals surface area contributed by atoms with E-state index in [4.69, 9.17) is 4.74 Å². The lowest BCUT2D eigenvalue weighted by molar-refractivity contribution is 0.0959. The lowest BCUT2D eigenvalue weighted by Gasteiger charge is -2.10. The number of halogens is 1. The number of carbonyl (C=O) groups excluding carboxylic acids is 1. The summed E-state index contributed by atoms with van der Waals surface area (Å²) in [5.74, 6) is 0.169. The van der Waals surface area contributed by atoms with E-state index in [1.54, 1.807) is 7.05 Å². The summed E-state index contributed by atoms with van der Waals surface area (Å²) in [6.45, 7) is 2.25. The Balaban J connectivity index is 3.21. The molecule has 0 atom stereocenters. The molecule has 4 nitrogen and oxygen atoms in total. The van der Waals surface area contributed by atoms with Crippen molar-refractivity contribution in [1.29, 1.82) is 0 Å². The minimum Gasteiger partial charge on any atom is -0.507 e. The molecule has 1 rings (SSSR count). The second kappa shape index (κ2) is 5.02. The third-order valence-electron chi connectivity index (χ3n) is 1.82. The summed E-state index contributed by atoms with van der Waals surface area (Å²) in [5.41, 5.74) is 0.393. The Morgan fingerprint density at radius 3 is 2.80 bits per heavy atom. The van der Waals surface area contributed by atoms with Gasteiger partial charge >= 0.3 is 0 Å². The summed E-state index contributed by atoms with van der Waals surface area (Å²) in [7, 11) is 1.54. The van der Waals surface area contributed by atoms with E-state index < -0.39 is 0 Å². The molecule has 2 N–H and O–H groups in total. The molecule has 0 fully saturated rings. The molecule has 0 saturated carbocycles. The number of hydrogen-bond donors (Lipinski definition) is 2. The highest BCUT2D eigenvalue weighted by molar-refractivity contribution is 9.10. The molecule has 5 heteroatoms. The van der Waals surface area contributed by atoms with E-state index in [0.717, 1.165) is 0 Å². The van der Waals surface area contributed by atoms with Gasteiger partial charge in [0, 0.05) is 13.1 Å². The average Bonchev–Trinajstić information content (AvgIpc) is 2.22. The minimum atomic E-state index is -0.251. The Labute approximate surface area is 96.4 Å². The number of benzene rings is 1. The molecule has 0 aliphatic heterocycles. The number of hydrogen-bond acceptors (Lipinski definition) is 3. The van der Waals surface area contributed by atoms with Crippen LogP contribution in [0.15, 0.2) is 16.6 Å². The van der Waals surface area contributed by atoms with Crippen molar-refractivity contribution in [3.8, 4) is 11.5 Å². The van der Waals surface area contributed by atoms with Crippen LogP contribution in [0.2, 0.25) is 0 Å². The normalized spacial score (nSPS) is 9.80. The second-order valence-electron chi connectivity index (χ2n) is 2.81. The maximum Gasteiger partial charge on any atom is 0.254 e. The van der Waals surface area contributed by atoms with Crippen molar-refractivity contribution in [2.24, 2.45) is 0 Å². The number of amides is 1. The summed E-state index contributed by atoms with van der Waals surface area (Å²) in [6.07, 6.45) is 0. The van der Waals surface area contributed by atoms with Crippen LogP contribution in [0.25, 0.3) is 0 Å². The first kappa shape index (κ1) is 11.8. The maximum atomic E-state index is 11.5. The fourth-order valence-electron chi connectivity index (χ4n) is 1.13. The highest BCUT2D eigenvalue weighted by atomic mass is 79.9. The number of phenols is 1. The molecule has 82 valence electrons. The van der Waals surface area contributed by atoms with Gasteiger partial charge in [-0.15, -0.1) is 0 Å². The number of ether oxygens (including phenoxy) is 1. The van der Waals surface area contributed by atoms with Crippen molar-refractivity contribution >= 4 is 21.8 Å². The molecule has 1 aromatic rings. The number of carbonyl (C=O) groups is 1. The van der Waals surface area contributed by atoms with Crippen LogP contribution in [0, 0.1) is 0 Å². The highest BCUT2D eigenvalue weighted by Gasteiger charge is 2.14. The van der Waals surface area contributed by atoms with Gasteiger partial charge in [0.1, 0.15) is 11.5 Å². The molecule has 0 radical (unpaired) electrons. The molecule has 0 heterocycles. The first-order valence-corrected chi connectivity index (χ1v) is 5.26. The second-order valence-corrected chi connectivity index (χ2v) is 3.67. The molecule has 0 unspecified atom stereocenters. The molecule has 0 bridgehead atoms. The molecule has 0 saturated heterocycles. The molecule has 0 aromatic heterocycles. The van der Waals surface area contributed by atoms with E-state index in [0.29, 0.717) is 22.4 Å². The topological polar surface area (TPSA) is 58.6 Å². The van der Waals surface area contributed by atoms with Gasteiger partial charge in [0.05, 0.1) is 16.6 Å². The van der Waals surface area contributed by atoms with Crippen molar-refractivity contribution in [2.45, 2.75) is 6.92 Å². The molecular formula is C10H12BrNO3. The lowest BCUT2D eigenvalue weighted by Crippen LogP contribution is -2.19. The quantitative estimate of drug-likeness (QED) is 0.885. The number of phenolic OH excluding ortho intramolecular Hbond substituents is 1. The van der Waals surface area contributed by atoms with Crippen LogP contribution in [0.1, 0.15) is 17.3 Å². The molecular weight excluding hydrogens is 262 g/mol. The minimum absolute atomic E-state index is 0.0473.